The first-order valence-corrected chi connectivity index (χ1v) is 15.5. The zero-order valence-corrected chi connectivity index (χ0v) is 22.8. The molecule has 9 heteroatoms. The molecule has 0 aliphatic carbocycles. The summed E-state index contributed by atoms with van der Waals surface area (Å²) in [6, 6.07) is 26.9. The normalized spacial score (nSPS) is 14.9. The number of rotatable bonds is 7. The lowest BCUT2D eigenvalue weighted by atomic mass is 9.97. The second kappa shape index (κ2) is 11.2. The number of thioether (sulfide) groups is 1. The van der Waals surface area contributed by atoms with Crippen molar-refractivity contribution >= 4 is 44.2 Å². The lowest BCUT2D eigenvalue weighted by Gasteiger charge is -2.30. The number of piperidine rings is 1. The summed E-state index contributed by atoms with van der Waals surface area (Å²) in [6.07, 6.45) is 2.89. The standard InChI is InChI=1S/C28H27N3O3S3/c1-35-23-12-14-24(15-13-23)37(33,34)31-18-16-22(17-19-31)27(32)30-28-29-25(20-8-4-2-5-9-20)26(36-28)21-10-6-3-7-11-21/h2-15,22H,16-19H2,1H3,(H,29,30,32). The van der Waals surface area contributed by atoms with Crippen molar-refractivity contribution in [3.05, 3.63) is 84.9 Å². The third-order valence-electron chi connectivity index (χ3n) is 6.46. The molecule has 190 valence electrons. The van der Waals surface area contributed by atoms with E-state index in [2.05, 4.69) is 5.32 Å². The quantitative estimate of drug-likeness (QED) is 0.276. The number of amides is 1. The van der Waals surface area contributed by atoms with E-state index in [-0.39, 0.29) is 16.7 Å². The fourth-order valence-electron chi connectivity index (χ4n) is 4.41. The van der Waals surface area contributed by atoms with Crippen LogP contribution in [0.2, 0.25) is 0 Å². The number of nitrogens with one attached hydrogen (secondary N) is 1. The zero-order chi connectivity index (χ0) is 25.8. The average Bonchev–Trinajstić information content (AvgIpc) is 3.38. The number of carbonyl (C=O) groups is 1. The average molecular weight is 550 g/mol. The molecule has 0 atom stereocenters. The van der Waals surface area contributed by atoms with Crippen LogP contribution in [0.1, 0.15) is 12.8 Å². The molecular formula is C28H27N3O3S3. The molecule has 0 spiro atoms. The van der Waals surface area contributed by atoms with Crippen molar-refractivity contribution < 1.29 is 13.2 Å². The lowest BCUT2D eigenvalue weighted by molar-refractivity contribution is -0.120. The molecule has 6 nitrogen and oxygen atoms in total. The van der Waals surface area contributed by atoms with E-state index in [9.17, 15) is 13.2 Å². The Kier molecular flexibility index (Phi) is 7.76. The van der Waals surface area contributed by atoms with Crippen LogP contribution in [0.15, 0.2) is 94.7 Å². The highest BCUT2D eigenvalue weighted by molar-refractivity contribution is 7.98. The number of hydrogen-bond donors (Lipinski definition) is 1. The Bertz CT molecular complexity index is 1410. The number of anilines is 1. The molecule has 1 aliphatic heterocycles. The van der Waals surface area contributed by atoms with E-state index in [0.717, 1.165) is 26.6 Å². The van der Waals surface area contributed by atoms with Crippen LogP contribution in [0.5, 0.6) is 0 Å². The maximum atomic E-state index is 13.1. The van der Waals surface area contributed by atoms with Crippen LogP contribution in [0, 0.1) is 5.92 Å². The van der Waals surface area contributed by atoms with Gasteiger partial charge in [0.1, 0.15) is 0 Å². The van der Waals surface area contributed by atoms with Crippen LogP contribution >= 0.6 is 23.1 Å². The molecule has 37 heavy (non-hydrogen) atoms. The Morgan fingerprint density at radius 2 is 1.51 bits per heavy atom. The second-order valence-corrected chi connectivity index (χ2v) is 12.6. The zero-order valence-electron chi connectivity index (χ0n) is 20.3. The largest absolute Gasteiger partial charge is 0.302 e. The van der Waals surface area contributed by atoms with E-state index < -0.39 is 10.0 Å². The first-order valence-electron chi connectivity index (χ1n) is 12.0. The number of benzene rings is 3. The summed E-state index contributed by atoms with van der Waals surface area (Å²) in [5.74, 6) is -0.385. The van der Waals surface area contributed by atoms with Gasteiger partial charge in [0, 0.05) is 29.5 Å². The number of aromatic nitrogens is 1. The van der Waals surface area contributed by atoms with Crippen molar-refractivity contribution in [2.45, 2.75) is 22.6 Å². The molecule has 3 aromatic carbocycles. The minimum atomic E-state index is -3.58. The lowest BCUT2D eigenvalue weighted by Crippen LogP contribution is -2.41. The molecule has 4 aromatic rings. The van der Waals surface area contributed by atoms with Gasteiger partial charge in [-0.05, 0) is 48.9 Å². The van der Waals surface area contributed by atoms with E-state index in [0.29, 0.717) is 31.1 Å². The molecule has 1 amide bonds. The highest BCUT2D eigenvalue weighted by atomic mass is 32.2. The third-order valence-corrected chi connectivity index (χ3v) is 10.1. The molecule has 0 radical (unpaired) electrons. The summed E-state index contributed by atoms with van der Waals surface area (Å²) in [7, 11) is -3.58. The maximum Gasteiger partial charge on any atom is 0.243 e. The van der Waals surface area contributed by atoms with Crippen molar-refractivity contribution in [3.8, 4) is 21.7 Å². The van der Waals surface area contributed by atoms with Crippen molar-refractivity contribution in [1.82, 2.24) is 9.29 Å². The van der Waals surface area contributed by atoms with Gasteiger partial charge in [-0.1, -0.05) is 72.0 Å². The Morgan fingerprint density at radius 1 is 0.919 bits per heavy atom. The molecule has 1 N–H and O–H groups in total. The maximum absolute atomic E-state index is 13.1. The first kappa shape index (κ1) is 25.7. The van der Waals surface area contributed by atoms with Gasteiger partial charge in [0.2, 0.25) is 15.9 Å². The van der Waals surface area contributed by atoms with Crippen molar-refractivity contribution in [2.75, 3.05) is 24.7 Å². The molecule has 5 rings (SSSR count). The molecule has 0 bridgehead atoms. The minimum Gasteiger partial charge on any atom is -0.302 e. The molecule has 2 heterocycles. The Morgan fingerprint density at radius 3 is 2.11 bits per heavy atom. The van der Waals surface area contributed by atoms with Crippen LogP contribution in [0.3, 0.4) is 0 Å². The molecule has 0 saturated carbocycles. The topological polar surface area (TPSA) is 79.4 Å². The van der Waals surface area contributed by atoms with Crippen LogP contribution in [-0.4, -0.2) is 43.0 Å². The highest BCUT2D eigenvalue weighted by Crippen LogP contribution is 2.39. The minimum absolute atomic E-state index is 0.116. The Hall–Kier alpha value is -2.98. The molecule has 0 unspecified atom stereocenters. The summed E-state index contributed by atoms with van der Waals surface area (Å²) in [5, 5.41) is 3.56. The van der Waals surface area contributed by atoms with E-state index in [1.807, 2.05) is 79.1 Å². The molecule has 1 aliphatic rings. The van der Waals surface area contributed by atoms with Gasteiger partial charge in [0.15, 0.2) is 5.13 Å². The van der Waals surface area contributed by atoms with Gasteiger partial charge < -0.3 is 5.32 Å². The van der Waals surface area contributed by atoms with Crippen molar-refractivity contribution in [1.29, 1.82) is 0 Å². The number of carbonyl (C=O) groups excluding carboxylic acids is 1. The molecular weight excluding hydrogens is 523 g/mol. The van der Waals surface area contributed by atoms with E-state index in [4.69, 9.17) is 4.98 Å². The van der Waals surface area contributed by atoms with Gasteiger partial charge in [-0.25, -0.2) is 13.4 Å². The number of sulfonamides is 1. The monoisotopic (exact) mass is 549 g/mol. The Labute approximate surface area is 225 Å². The van der Waals surface area contributed by atoms with Crippen LogP contribution in [0.4, 0.5) is 5.13 Å². The van der Waals surface area contributed by atoms with Gasteiger partial charge in [0.25, 0.3) is 0 Å². The van der Waals surface area contributed by atoms with Crippen LogP contribution < -0.4 is 5.32 Å². The van der Waals surface area contributed by atoms with Crippen molar-refractivity contribution in [2.24, 2.45) is 5.92 Å². The van der Waals surface area contributed by atoms with E-state index >= 15 is 0 Å². The Balaban J connectivity index is 1.28. The number of thiazole rings is 1. The predicted molar refractivity (Wildman–Crippen MR) is 151 cm³/mol. The fourth-order valence-corrected chi connectivity index (χ4v) is 7.29. The summed E-state index contributed by atoms with van der Waals surface area (Å²) >= 11 is 3.02. The second-order valence-electron chi connectivity index (χ2n) is 8.77. The van der Waals surface area contributed by atoms with Gasteiger partial charge in [0.05, 0.1) is 15.5 Å². The van der Waals surface area contributed by atoms with Gasteiger partial charge in [-0.2, -0.15) is 4.31 Å². The smallest absolute Gasteiger partial charge is 0.243 e. The highest BCUT2D eigenvalue weighted by Gasteiger charge is 2.32. The first-order chi connectivity index (χ1) is 18.0. The summed E-state index contributed by atoms with van der Waals surface area (Å²) in [6.45, 7) is 0.625. The predicted octanol–water partition coefficient (Wildman–Crippen LogP) is 6.24. The SMILES string of the molecule is CSc1ccc(S(=O)(=O)N2CCC(C(=O)Nc3nc(-c4ccccc4)c(-c4ccccc4)s3)CC2)cc1. The van der Waals surface area contributed by atoms with Gasteiger partial charge in [-0.3, -0.25) is 4.79 Å². The van der Waals surface area contributed by atoms with Crippen molar-refractivity contribution in [3.63, 3.8) is 0 Å². The van der Waals surface area contributed by atoms with E-state index in [1.165, 1.54) is 15.6 Å². The van der Waals surface area contributed by atoms with Gasteiger partial charge in [-0.15, -0.1) is 11.8 Å². The van der Waals surface area contributed by atoms with Crippen LogP contribution in [0.25, 0.3) is 21.7 Å². The molecule has 1 aromatic heterocycles. The fraction of sp³-hybridized carbons (Fsp3) is 0.214. The molecule has 1 fully saturated rings. The third kappa shape index (κ3) is 5.65. The van der Waals surface area contributed by atoms with E-state index in [1.54, 1.807) is 23.9 Å². The summed E-state index contributed by atoms with van der Waals surface area (Å²) in [5.41, 5.74) is 2.87. The van der Waals surface area contributed by atoms with Gasteiger partial charge >= 0.3 is 0 Å². The number of hydrogen-bond acceptors (Lipinski definition) is 6. The van der Waals surface area contributed by atoms with Crippen LogP contribution in [-0.2, 0) is 14.8 Å². The summed E-state index contributed by atoms with van der Waals surface area (Å²) < 4.78 is 27.6. The molecule has 1 saturated heterocycles. The number of nitrogens with zero attached hydrogens (tertiary/aromatic N) is 2. The summed E-state index contributed by atoms with van der Waals surface area (Å²) in [4.78, 5) is 20.2.